The molecule has 0 amide bonds. The van der Waals surface area contributed by atoms with Crippen molar-refractivity contribution in [2.45, 2.75) is 33.4 Å². The van der Waals surface area contributed by atoms with E-state index in [4.69, 9.17) is 4.74 Å². The first-order valence-corrected chi connectivity index (χ1v) is 5.32. The minimum Gasteiger partial charge on any atom is -0.377 e. The van der Waals surface area contributed by atoms with Crippen LogP contribution in [0, 0.1) is 6.92 Å². The fraction of sp³-hybridized carbons (Fsp3) is 0.636. The largest absolute Gasteiger partial charge is 0.377 e. The van der Waals surface area contributed by atoms with Crippen LogP contribution in [0.5, 0.6) is 0 Å². The summed E-state index contributed by atoms with van der Waals surface area (Å²) in [7, 11) is 1.48. The summed E-state index contributed by atoms with van der Waals surface area (Å²) in [5.41, 5.74) is 0.0145. The van der Waals surface area contributed by atoms with Crippen molar-refractivity contribution in [2.75, 3.05) is 6.61 Å². The van der Waals surface area contributed by atoms with Gasteiger partial charge in [-0.15, -0.1) is 0 Å². The predicted molar refractivity (Wildman–Crippen MR) is 61.8 cm³/mol. The maximum absolute atomic E-state index is 11.7. The number of aromatic nitrogens is 2. The summed E-state index contributed by atoms with van der Waals surface area (Å²) >= 11 is 0. The lowest BCUT2D eigenvalue weighted by molar-refractivity contribution is 0.0718. The Morgan fingerprint density at radius 1 is 1.38 bits per heavy atom. The molecule has 0 atom stereocenters. The molecule has 0 bridgehead atoms. The highest BCUT2D eigenvalue weighted by atomic mass is 16.5. The molecule has 1 rings (SSSR count). The lowest BCUT2D eigenvalue weighted by Gasteiger charge is -2.10. The average Bonchev–Trinajstić information content (AvgIpc) is 2.22. The summed E-state index contributed by atoms with van der Waals surface area (Å²) < 4.78 is 7.98. The van der Waals surface area contributed by atoms with Gasteiger partial charge in [-0.1, -0.05) is 0 Å². The maximum Gasteiger partial charge on any atom is 0.330 e. The first kappa shape index (κ1) is 12.7. The van der Waals surface area contributed by atoms with Gasteiger partial charge in [0.1, 0.15) is 0 Å². The second kappa shape index (κ2) is 5.12. The molecule has 90 valence electrons. The zero-order valence-electron chi connectivity index (χ0n) is 10.2. The molecule has 0 fully saturated rings. The van der Waals surface area contributed by atoms with Crippen molar-refractivity contribution in [2.24, 2.45) is 7.05 Å². The molecule has 0 aromatic carbocycles. The highest BCUT2D eigenvalue weighted by Gasteiger charge is 2.05. The first-order valence-electron chi connectivity index (χ1n) is 5.32. The molecule has 5 nitrogen and oxygen atoms in total. The first-order chi connectivity index (χ1) is 7.43. The monoisotopic (exact) mass is 226 g/mol. The number of aryl methyl sites for hydroxylation is 1. The van der Waals surface area contributed by atoms with Crippen LogP contribution in [-0.2, 0) is 18.3 Å². The number of hydrogen-bond acceptors (Lipinski definition) is 3. The van der Waals surface area contributed by atoms with E-state index in [0.717, 1.165) is 4.57 Å². The second-order valence-electron chi connectivity index (χ2n) is 4.07. The Morgan fingerprint density at radius 2 is 2.00 bits per heavy atom. The highest BCUT2D eigenvalue weighted by Crippen LogP contribution is 1.90. The topological polar surface area (TPSA) is 53.2 Å². The van der Waals surface area contributed by atoms with Crippen LogP contribution in [0.2, 0.25) is 0 Å². The fourth-order valence-corrected chi connectivity index (χ4v) is 1.44. The molecule has 0 saturated heterocycles. The molecule has 16 heavy (non-hydrogen) atoms. The SMILES string of the molecule is Cc1cn(CCOC(C)C)c(=O)n(C)c1=O. The summed E-state index contributed by atoms with van der Waals surface area (Å²) in [5.74, 6) is 0. The summed E-state index contributed by atoms with van der Waals surface area (Å²) in [4.78, 5) is 23.1. The van der Waals surface area contributed by atoms with Crippen LogP contribution in [0.4, 0.5) is 0 Å². The number of nitrogens with zero attached hydrogens (tertiary/aromatic N) is 2. The van der Waals surface area contributed by atoms with Gasteiger partial charge < -0.3 is 4.74 Å². The quantitative estimate of drug-likeness (QED) is 0.741. The van der Waals surface area contributed by atoms with Gasteiger partial charge in [-0.2, -0.15) is 0 Å². The van der Waals surface area contributed by atoms with E-state index in [9.17, 15) is 9.59 Å². The zero-order chi connectivity index (χ0) is 12.3. The van der Waals surface area contributed by atoms with Gasteiger partial charge in [0.05, 0.1) is 19.3 Å². The molecule has 1 heterocycles. The van der Waals surface area contributed by atoms with E-state index in [1.165, 1.54) is 11.6 Å². The average molecular weight is 226 g/mol. The molecule has 0 saturated carbocycles. The smallest absolute Gasteiger partial charge is 0.330 e. The fourth-order valence-electron chi connectivity index (χ4n) is 1.44. The molecule has 0 aliphatic rings. The molecule has 0 aliphatic heterocycles. The van der Waals surface area contributed by atoms with Gasteiger partial charge in [-0.05, 0) is 20.8 Å². The summed E-state index contributed by atoms with van der Waals surface area (Å²) in [5, 5.41) is 0. The van der Waals surface area contributed by atoms with Gasteiger partial charge in [0.2, 0.25) is 0 Å². The molecule has 0 spiro atoms. The normalized spacial score (nSPS) is 11.1. The lowest BCUT2D eigenvalue weighted by atomic mass is 10.4. The Kier molecular flexibility index (Phi) is 4.06. The van der Waals surface area contributed by atoms with Crippen molar-refractivity contribution < 1.29 is 4.74 Å². The van der Waals surface area contributed by atoms with Crippen LogP contribution in [-0.4, -0.2) is 21.8 Å². The van der Waals surface area contributed by atoms with Gasteiger partial charge >= 0.3 is 5.69 Å². The van der Waals surface area contributed by atoms with Gasteiger partial charge in [0, 0.05) is 18.8 Å². The van der Waals surface area contributed by atoms with Crippen molar-refractivity contribution >= 4 is 0 Å². The van der Waals surface area contributed by atoms with E-state index in [0.29, 0.717) is 18.7 Å². The second-order valence-corrected chi connectivity index (χ2v) is 4.07. The summed E-state index contributed by atoms with van der Waals surface area (Å²) in [6.07, 6.45) is 1.72. The number of rotatable bonds is 4. The Hall–Kier alpha value is -1.36. The van der Waals surface area contributed by atoms with Gasteiger partial charge in [-0.25, -0.2) is 4.79 Å². The van der Waals surface area contributed by atoms with E-state index < -0.39 is 0 Å². The molecule has 5 heteroatoms. The minimum atomic E-state index is -0.303. The molecule has 1 aromatic rings. The van der Waals surface area contributed by atoms with Crippen LogP contribution in [0.15, 0.2) is 15.8 Å². The van der Waals surface area contributed by atoms with E-state index >= 15 is 0 Å². The standard InChI is InChI=1S/C11H18N2O3/c1-8(2)16-6-5-13-7-9(3)10(14)12(4)11(13)15/h7-8H,5-6H2,1-4H3. The zero-order valence-corrected chi connectivity index (χ0v) is 10.2. The van der Waals surface area contributed by atoms with Gasteiger partial charge in [0.15, 0.2) is 0 Å². The lowest BCUT2D eigenvalue weighted by Crippen LogP contribution is -2.39. The Balaban J connectivity index is 2.90. The number of ether oxygens (including phenoxy) is 1. The van der Waals surface area contributed by atoms with Crippen molar-refractivity contribution in [1.82, 2.24) is 9.13 Å². The summed E-state index contributed by atoms with van der Waals surface area (Å²) in [6, 6.07) is 0. The maximum atomic E-state index is 11.7. The third-order valence-electron chi connectivity index (χ3n) is 2.31. The summed E-state index contributed by atoms with van der Waals surface area (Å²) in [6.45, 7) is 6.51. The third kappa shape index (κ3) is 2.82. The Labute approximate surface area is 94.3 Å². The molecule has 0 aliphatic carbocycles. The third-order valence-corrected chi connectivity index (χ3v) is 2.31. The van der Waals surface area contributed by atoms with Crippen molar-refractivity contribution in [3.8, 4) is 0 Å². The Bertz CT molecular complexity index is 471. The van der Waals surface area contributed by atoms with E-state index in [1.807, 2.05) is 13.8 Å². The Morgan fingerprint density at radius 3 is 2.56 bits per heavy atom. The van der Waals surface area contributed by atoms with Crippen molar-refractivity contribution in [3.63, 3.8) is 0 Å². The van der Waals surface area contributed by atoms with E-state index in [1.54, 1.807) is 13.1 Å². The van der Waals surface area contributed by atoms with Crippen LogP contribution >= 0.6 is 0 Å². The minimum absolute atomic E-state index is 0.143. The van der Waals surface area contributed by atoms with Gasteiger partial charge in [0.25, 0.3) is 5.56 Å². The van der Waals surface area contributed by atoms with Gasteiger partial charge in [-0.3, -0.25) is 13.9 Å². The molecule has 1 aromatic heterocycles. The predicted octanol–water partition coefficient (Wildman–Crippen LogP) is 0.280. The van der Waals surface area contributed by atoms with E-state index in [-0.39, 0.29) is 17.4 Å². The molecular formula is C11H18N2O3. The molecule has 0 unspecified atom stereocenters. The van der Waals surface area contributed by atoms with Crippen molar-refractivity contribution in [3.05, 3.63) is 32.6 Å². The van der Waals surface area contributed by atoms with Crippen LogP contribution < -0.4 is 11.2 Å². The molecule has 0 N–H and O–H groups in total. The highest BCUT2D eigenvalue weighted by molar-refractivity contribution is 5.02. The van der Waals surface area contributed by atoms with Crippen LogP contribution in [0.1, 0.15) is 19.4 Å². The van der Waals surface area contributed by atoms with Crippen molar-refractivity contribution in [1.29, 1.82) is 0 Å². The molecular weight excluding hydrogens is 208 g/mol. The van der Waals surface area contributed by atoms with Crippen LogP contribution in [0.3, 0.4) is 0 Å². The molecule has 0 radical (unpaired) electrons. The van der Waals surface area contributed by atoms with Crippen LogP contribution in [0.25, 0.3) is 0 Å². The van der Waals surface area contributed by atoms with E-state index in [2.05, 4.69) is 0 Å². The number of hydrogen-bond donors (Lipinski definition) is 0.